The van der Waals surface area contributed by atoms with Gasteiger partial charge in [-0.05, 0) is 16.3 Å². The molecule has 0 N–H and O–H groups in total. The Morgan fingerprint density at radius 2 is 1.80 bits per heavy atom. The molecule has 0 spiro atoms. The summed E-state index contributed by atoms with van der Waals surface area (Å²) < 4.78 is 25.8. The lowest BCUT2D eigenvalue weighted by Gasteiger charge is -2.10. The van der Waals surface area contributed by atoms with Crippen molar-refractivity contribution in [3.8, 4) is 0 Å². The highest BCUT2D eigenvalue weighted by Crippen LogP contribution is 2.31. The van der Waals surface area contributed by atoms with Crippen LogP contribution in [0, 0.1) is 0 Å². The quantitative estimate of drug-likeness (QED) is 0.661. The number of halogens is 3. The summed E-state index contributed by atoms with van der Waals surface area (Å²) in [7, 11) is 0. The van der Waals surface area contributed by atoms with E-state index in [4.69, 9.17) is 11.6 Å². The second-order valence-electron chi connectivity index (χ2n) is 3.29. The van der Waals surface area contributed by atoms with Gasteiger partial charge in [-0.2, -0.15) is 0 Å². The van der Waals surface area contributed by atoms with Crippen LogP contribution in [0.4, 0.5) is 8.78 Å². The molecule has 3 heteroatoms. The van der Waals surface area contributed by atoms with E-state index in [1.807, 2.05) is 18.2 Å². The van der Waals surface area contributed by atoms with Gasteiger partial charge in [-0.3, -0.25) is 0 Å². The molecule has 0 aliphatic carbocycles. The van der Waals surface area contributed by atoms with Crippen LogP contribution in [-0.4, -0.2) is 0 Å². The van der Waals surface area contributed by atoms with E-state index in [1.165, 1.54) is 0 Å². The normalized spacial score (nSPS) is 11.2. The Labute approximate surface area is 91.5 Å². The number of benzene rings is 2. The van der Waals surface area contributed by atoms with Crippen LogP contribution in [0.5, 0.6) is 0 Å². The molecular formula is C12H9ClF2. The molecule has 2 aromatic rings. The first-order valence-electron chi connectivity index (χ1n) is 4.58. The van der Waals surface area contributed by atoms with Crippen molar-refractivity contribution < 1.29 is 8.78 Å². The maximum atomic E-state index is 12.9. The van der Waals surface area contributed by atoms with E-state index in [0.29, 0.717) is 10.9 Å². The van der Waals surface area contributed by atoms with Crippen LogP contribution in [0.2, 0.25) is 0 Å². The minimum Gasteiger partial charge on any atom is -0.205 e. The molecule has 0 aromatic heterocycles. The average Bonchev–Trinajstić information content (AvgIpc) is 2.27. The first-order chi connectivity index (χ1) is 7.24. The van der Waals surface area contributed by atoms with Gasteiger partial charge in [-0.25, -0.2) is 8.78 Å². The van der Waals surface area contributed by atoms with Crippen molar-refractivity contribution in [1.29, 1.82) is 0 Å². The summed E-state index contributed by atoms with van der Waals surface area (Å²) in [5, 5.41) is 1.41. The highest BCUT2D eigenvalue weighted by molar-refractivity contribution is 6.17. The SMILES string of the molecule is FC(F)c1c(CCl)ccc2ccccc12. The Hall–Kier alpha value is -1.15. The minimum absolute atomic E-state index is 0.0584. The minimum atomic E-state index is -2.48. The van der Waals surface area contributed by atoms with Crippen LogP contribution in [0.25, 0.3) is 10.8 Å². The van der Waals surface area contributed by atoms with Crippen molar-refractivity contribution in [1.82, 2.24) is 0 Å². The molecule has 0 saturated carbocycles. The summed E-state index contributed by atoms with van der Waals surface area (Å²) in [4.78, 5) is 0. The van der Waals surface area contributed by atoms with Crippen molar-refractivity contribution >= 4 is 22.4 Å². The highest BCUT2D eigenvalue weighted by Gasteiger charge is 2.15. The van der Waals surface area contributed by atoms with Crippen molar-refractivity contribution in [3.63, 3.8) is 0 Å². The lowest BCUT2D eigenvalue weighted by atomic mass is 10.00. The third-order valence-corrected chi connectivity index (χ3v) is 2.71. The fourth-order valence-corrected chi connectivity index (χ4v) is 1.95. The van der Waals surface area contributed by atoms with Gasteiger partial charge in [0, 0.05) is 11.4 Å². The van der Waals surface area contributed by atoms with Gasteiger partial charge in [-0.15, -0.1) is 11.6 Å². The summed E-state index contributed by atoms with van der Waals surface area (Å²) in [5.41, 5.74) is 0.563. The zero-order valence-electron chi connectivity index (χ0n) is 7.88. The Balaban J connectivity index is 2.79. The maximum Gasteiger partial charge on any atom is 0.264 e. The number of fused-ring (bicyclic) bond motifs is 1. The Morgan fingerprint density at radius 3 is 2.47 bits per heavy atom. The third kappa shape index (κ3) is 1.82. The van der Waals surface area contributed by atoms with Crippen LogP contribution in [-0.2, 0) is 5.88 Å². The second-order valence-corrected chi connectivity index (χ2v) is 3.56. The summed E-state index contributed by atoms with van der Waals surface area (Å²) in [6, 6.07) is 10.6. The van der Waals surface area contributed by atoms with E-state index in [-0.39, 0.29) is 11.4 Å². The standard InChI is InChI=1S/C12H9ClF2/c13-7-9-6-5-8-3-1-2-4-10(8)11(9)12(14)15/h1-6,12H,7H2. The summed E-state index contributed by atoms with van der Waals surface area (Å²) in [5.74, 6) is 0.116. The number of hydrogen-bond donors (Lipinski definition) is 0. The highest BCUT2D eigenvalue weighted by atomic mass is 35.5. The van der Waals surface area contributed by atoms with Crippen LogP contribution < -0.4 is 0 Å². The zero-order chi connectivity index (χ0) is 10.8. The van der Waals surface area contributed by atoms with E-state index in [2.05, 4.69) is 0 Å². The number of hydrogen-bond acceptors (Lipinski definition) is 0. The summed E-state index contributed by atoms with van der Waals surface area (Å²) >= 11 is 5.64. The fourth-order valence-electron chi connectivity index (χ4n) is 1.71. The van der Waals surface area contributed by atoms with E-state index in [1.54, 1.807) is 18.2 Å². The molecule has 0 nitrogen and oxygen atoms in total. The molecule has 0 bridgehead atoms. The second kappa shape index (κ2) is 4.15. The molecule has 0 saturated heterocycles. The molecular weight excluding hydrogens is 218 g/mol. The molecule has 0 unspecified atom stereocenters. The van der Waals surface area contributed by atoms with Crippen molar-refractivity contribution in [2.45, 2.75) is 12.3 Å². The van der Waals surface area contributed by atoms with Gasteiger partial charge in [0.15, 0.2) is 0 Å². The van der Waals surface area contributed by atoms with Gasteiger partial charge >= 0.3 is 0 Å². The van der Waals surface area contributed by atoms with Gasteiger partial charge in [-0.1, -0.05) is 36.4 Å². The fraction of sp³-hybridized carbons (Fsp3) is 0.167. The molecule has 2 rings (SSSR count). The Kier molecular flexibility index (Phi) is 2.87. The van der Waals surface area contributed by atoms with E-state index in [9.17, 15) is 8.78 Å². The third-order valence-electron chi connectivity index (χ3n) is 2.42. The Morgan fingerprint density at radius 1 is 1.07 bits per heavy atom. The molecule has 0 atom stereocenters. The van der Waals surface area contributed by atoms with Gasteiger partial charge in [0.1, 0.15) is 0 Å². The van der Waals surface area contributed by atoms with Gasteiger partial charge in [0.2, 0.25) is 0 Å². The maximum absolute atomic E-state index is 12.9. The lowest BCUT2D eigenvalue weighted by Crippen LogP contribution is -1.93. The Bertz CT molecular complexity index is 480. The molecule has 0 fully saturated rings. The molecule has 0 amide bonds. The molecule has 0 aliphatic heterocycles. The van der Waals surface area contributed by atoms with Crippen LogP contribution >= 0.6 is 11.6 Å². The average molecular weight is 227 g/mol. The molecule has 0 heterocycles. The van der Waals surface area contributed by atoms with Gasteiger partial charge in [0.05, 0.1) is 0 Å². The summed E-state index contributed by atoms with van der Waals surface area (Å²) in [6.07, 6.45) is -2.48. The van der Waals surface area contributed by atoms with Gasteiger partial charge < -0.3 is 0 Å². The molecule has 78 valence electrons. The van der Waals surface area contributed by atoms with Crippen molar-refractivity contribution in [2.75, 3.05) is 0 Å². The first-order valence-corrected chi connectivity index (χ1v) is 5.12. The topological polar surface area (TPSA) is 0 Å². The van der Waals surface area contributed by atoms with Gasteiger partial charge in [0.25, 0.3) is 6.43 Å². The lowest BCUT2D eigenvalue weighted by molar-refractivity contribution is 0.152. The zero-order valence-corrected chi connectivity index (χ0v) is 8.64. The van der Waals surface area contributed by atoms with Crippen molar-refractivity contribution in [3.05, 3.63) is 47.5 Å². The van der Waals surface area contributed by atoms with Crippen LogP contribution in [0.3, 0.4) is 0 Å². The number of rotatable bonds is 2. The van der Waals surface area contributed by atoms with Crippen LogP contribution in [0.15, 0.2) is 36.4 Å². The smallest absolute Gasteiger partial charge is 0.205 e. The largest absolute Gasteiger partial charge is 0.264 e. The predicted molar refractivity (Wildman–Crippen MR) is 58.5 cm³/mol. The molecule has 0 radical (unpaired) electrons. The van der Waals surface area contributed by atoms with E-state index >= 15 is 0 Å². The molecule has 0 aliphatic rings. The monoisotopic (exact) mass is 226 g/mol. The van der Waals surface area contributed by atoms with E-state index < -0.39 is 6.43 Å². The first kappa shape index (κ1) is 10.4. The number of alkyl halides is 3. The predicted octanol–water partition coefficient (Wildman–Crippen LogP) is 4.52. The summed E-state index contributed by atoms with van der Waals surface area (Å²) in [6.45, 7) is 0. The molecule has 2 aromatic carbocycles. The van der Waals surface area contributed by atoms with Crippen molar-refractivity contribution in [2.24, 2.45) is 0 Å². The van der Waals surface area contributed by atoms with E-state index in [0.717, 1.165) is 5.39 Å². The molecule has 15 heavy (non-hydrogen) atoms. The van der Waals surface area contributed by atoms with Crippen LogP contribution in [0.1, 0.15) is 17.6 Å².